The van der Waals surface area contributed by atoms with Crippen molar-refractivity contribution in [2.45, 2.75) is 31.8 Å². The minimum absolute atomic E-state index is 0.0203. The fraction of sp³-hybridized carbons (Fsp3) is 0.571. The molecule has 1 amide bonds. The maximum Gasteiger partial charge on any atom is 0.410 e. The summed E-state index contributed by atoms with van der Waals surface area (Å²) in [4.78, 5) is 18.2. The molecule has 3 rings (SSSR count). The molecule has 1 saturated heterocycles. The van der Waals surface area contributed by atoms with Crippen molar-refractivity contribution in [1.82, 2.24) is 9.88 Å². The van der Waals surface area contributed by atoms with Crippen LogP contribution in [0.5, 0.6) is 0 Å². The van der Waals surface area contributed by atoms with E-state index in [1.807, 2.05) is 39.1 Å². The van der Waals surface area contributed by atoms with Crippen LogP contribution in [-0.2, 0) is 10.2 Å². The van der Waals surface area contributed by atoms with Crippen molar-refractivity contribution in [2.75, 3.05) is 25.0 Å². The largest absolute Gasteiger partial charge is 0.444 e. The highest BCUT2D eigenvalue weighted by molar-refractivity contribution is 5.71. The lowest BCUT2D eigenvalue weighted by Gasteiger charge is -2.47. The molecule has 5 nitrogen and oxygen atoms in total. The van der Waals surface area contributed by atoms with Gasteiger partial charge in [0.05, 0.1) is 16.8 Å². The van der Waals surface area contributed by atoms with Crippen LogP contribution in [0.4, 0.5) is 10.5 Å². The molecule has 0 atom stereocenters. The predicted octanol–water partition coefficient (Wildman–Crippen LogP) is 2.00. The van der Waals surface area contributed by atoms with Crippen molar-refractivity contribution < 1.29 is 9.53 Å². The van der Waals surface area contributed by atoms with Crippen molar-refractivity contribution in [2.24, 2.45) is 0 Å². The summed E-state index contributed by atoms with van der Waals surface area (Å²) in [5.74, 6) is 0. The average Bonchev–Trinajstić information content (AvgIpc) is 2.64. The van der Waals surface area contributed by atoms with E-state index >= 15 is 0 Å². The SMILES string of the molecule is CC(C)(C)OC(=O)N1CC2(CNc3cccnc32)C1. The van der Waals surface area contributed by atoms with E-state index < -0.39 is 5.60 Å². The summed E-state index contributed by atoms with van der Waals surface area (Å²) < 4.78 is 5.38. The second kappa shape index (κ2) is 3.85. The number of nitrogens with one attached hydrogen (secondary N) is 1. The Kier molecular flexibility index (Phi) is 2.49. The summed E-state index contributed by atoms with van der Waals surface area (Å²) in [7, 11) is 0. The van der Waals surface area contributed by atoms with Crippen LogP contribution in [0.3, 0.4) is 0 Å². The maximum absolute atomic E-state index is 12.0. The van der Waals surface area contributed by atoms with Crippen molar-refractivity contribution in [1.29, 1.82) is 0 Å². The lowest BCUT2D eigenvalue weighted by molar-refractivity contribution is -0.00692. The van der Waals surface area contributed by atoms with E-state index in [9.17, 15) is 4.79 Å². The third-order valence-electron chi connectivity index (χ3n) is 3.57. The molecule has 2 aliphatic heterocycles. The zero-order chi connectivity index (χ0) is 13.7. The number of ether oxygens (including phenoxy) is 1. The van der Waals surface area contributed by atoms with Crippen LogP contribution in [-0.4, -0.2) is 41.2 Å². The Labute approximate surface area is 113 Å². The molecule has 0 saturated carbocycles. The zero-order valence-electron chi connectivity index (χ0n) is 11.6. The summed E-state index contributed by atoms with van der Waals surface area (Å²) in [5.41, 5.74) is 1.71. The number of anilines is 1. The summed E-state index contributed by atoms with van der Waals surface area (Å²) >= 11 is 0. The van der Waals surface area contributed by atoms with Crippen LogP contribution in [0.15, 0.2) is 18.3 Å². The molecule has 3 heterocycles. The number of hydrogen-bond donors (Lipinski definition) is 1. The maximum atomic E-state index is 12.0. The fourth-order valence-electron chi connectivity index (χ4n) is 2.72. The number of rotatable bonds is 0. The van der Waals surface area contributed by atoms with Crippen LogP contribution in [0.2, 0.25) is 0 Å². The molecule has 1 fully saturated rings. The minimum Gasteiger partial charge on any atom is -0.444 e. The number of hydrogen-bond acceptors (Lipinski definition) is 4. The number of aromatic nitrogens is 1. The number of carbonyl (C=O) groups is 1. The highest BCUT2D eigenvalue weighted by Crippen LogP contribution is 2.42. The molecule has 0 bridgehead atoms. The minimum atomic E-state index is -0.441. The van der Waals surface area contributed by atoms with Crippen LogP contribution in [0, 0.1) is 0 Å². The molecule has 0 unspecified atom stereocenters. The van der Waals surface area contributed by atoms with Gasteiger partial charge in [0.25, 0.3) is 0 Å². The van der Waals surface area contributed by atoms with Gasteiger partial charge in [-0.25, -0.2) is 4.79 Å². The molecular formula is C14H19N3O2. The van der Waals surface area contributed by atoms with Crippen LogP contribution in [0.1, 0.15) is 26.5 Å². The van der Waals surface area contributed by atoms with Crippen LogP contribution < -0.4 is 5.32 Å². The molecule has 0 aliphatic carbocycles. The Morgan fingerprint density at radius 1 is 1.47 bits per heavy atom. The lowest BCUT2D eigenvalue weighted by atomic mass is 9.78. The molecule has 1 aromatic rings. The van der Waals surface area contributed by atoms with Gasteiger partial charge in [0, 0.05) is 25.8 Å². The van der Waals surface area contributed by atoms with Crippen LogP contribution in [0.25, 0.3) is 0 Å². The molecule has 0 radical (unpaired) electrons. The van der Waals surface area contributed by atoms with Gasteiger partial charge in [-0.15, -0.1) is 0 Å². The Morgan fingerprint density at radius 2 is 2.21 bits per heavy atom. The quantitative estimate of drug-likeness (QED) is 0.776. The Bertz CT molecular complexity index is 516. The first-order valence-electron chi connectivity index (χ1n) is 6.57. The molecule has 2 aliphatic rings. The Hall–Kier alpha value is -1.78. The topological polar surface area (TPSA) is 54.5 Å². The number of nitrogens with zero attached hydrogens (tertiary/aromatic N) is 2. The summed E-state index contributed by atoms with van der Waals surface area (Å²) in [6, 6.07) is 3.96. The van der Waals surface area contributed by atoms with Gasteiger partial charge in [0.1, 0.15) is 5.60 Å². The van der Waals surface area contributed by atoms with Crippen molar-refractivity contribution in [3.05, 3.63) is 24.0 Å². The van der Waals surface area contributed by atoms with Gasteiger partial charge in [-0.05, 0) is 32.9 Å². The molecule has 19 heavy (non-hydrogen) atoms. The smallest absolute Gasteiger partial charge is 0.410 e. The standard InChI is InChI=1S/C14H19N3O2/c1-13(2,3)19-12(18)17-8-14(9-17)7-16-10-5-4-6-15-11(10)14/h4-6,16H,7-9H2,1-3H3. The molecule has 102 valence electrons. The first-order chi connectivity index (χ1) is 8.90. The summed E-state index contributed by atoms with van der Waals surface area (Å²) in [6.45, 7) is 7.85. The summed E-state index contributed by atoms with van der Waals surface area (Å²) in [5, 5.41) is 3.36. The van der Waals surface area contributed by atoms with Gasteiger partial charge in [-0.2, -0.15) is 0 Å². The second-order valence-electron chi connectivity index (χ2n) is 6.37. The third kappa shape index (κ3) is 2.03. The van der Waals surface area contributed by atoms with Gasteiger partial charge < -0.3 is 15.0 Å². The second-order valence-corrected chi connectivity index (χ2v) is 6.37. The number of pyridine rings is 1. The zero-order valence-corrected chi connectivity index (χ0v) is 11.6. The monoisotopic (exact) mass is 261 g/mol. The van der Waals surface area contributed by atoms with Gasteiger partial charge in [-0.3, -0.25) is 4.98 Å². The normalized spacial score (nSPS) is 19.6. The van der Waals surface area contributed by atoms with E-state index in [2.05, 4.69) is 10.3 Å². The van der Waals surface area contributed by atoms with Gasteiger partial charge in [0.2, 0.25) is 0 Å². The van der Waals surface area contributed by atoms with Gasteiger partial charge in [-0.1, -0.05) is 0 Å². The van der Waals surface area contributed by atoms with Crippen LogP contribution >= 0.6 is 0 Å². The van der Waals surface area contributed by atoms with Crippen molar-refractivity contribution in [3.63, 3.8) is 0 Å². The van der Waals surface area contributed by atoms with Gasteiger partial charge in [0.15, 0.2) is 0 Å². The van der Waals surface area contributed by atoms with E-state index in [0.717, 1.165) is 17.9 Å². The van der Waals surface area contributed by atoms with Crippen molar-refractivity contribution >= 4 is 11.8 Å². The van der Waals surface area contributed by atoms with Gasteiger partial charge >= 0.3 is 6.09 Å². The third-order valence-corrected chi connectivity index (χ3v) is 3.57. The number of amides is 1. The first kappa shape index (κ1) is 12.3. The average molecular weight is 261 g/mol. The molecule has 5 heteroatoms. The number of fused-ring (bicyclic) bond motifs is 2. The number of carbonyl (C=O) groups excluding carboxylic acids is 1. The summed E-state index contributed by atoms with van der Waals surface area (Å²) in [6.07, 6.45) is 1.58. The Balaban J connectivity index is 1.69. The predicted molar refractivity (Wildman–Crippen MR) is 72.2 cm³/mol. The molecule has 1 aromatic heterocycles. The van der Waals surface area contributed by atoms with E-state index in [1.165, 1.54) is 0 Å². The van der Waals surface area contributed by atoms with E-state index in [0.29, 0.717) is 13.1 Å². The fourth-order valence-corrected chi connectivity index (χ4v) is 2.72. The molecule has 1 N–H and O–H groups in total. The van der Waals surface area contributed by atoms with Crippen molar-refractivity contribution in [3.8, 4) is 0 Å². The number of likely N-dealkylation sites (tertiary alicyclic amines) is 1. The molecular weight excluding hydrogens is 242 g/mol. The van der Waals surface area contributed by atoms with E-state index in [4.69, 9.17) is 4.74 Å². The highest BCUT2D eigenvalue weighted by Gasteiger charge is 2.52. The van der Waals surface area contributed by atoms with E-state index in [1.54, 1.807) is 4.90 Å². The van der Waals surface area contributed by atoms with E-state index in [-0.39, 0.29) is 11.5 Å². The molecule has 0 aromatic carbocycles. The first-order valence-corrected chi connectivity index (χ1v) is 6.57. The molecule has 1 spiro atoms. The Morgan fingerprint density at radius 3 is 2.89 bits per heavy atom. The lowest BCUT2D eigenvalue weighted by Crippen LogP contribution is -2.63. The highest BCUT2D eigenvalue weighted by atomic mass is 16.6.